The number of carbonyl (C=O) groups is 1. The van der Waals surface area contributed by atoms with E-state index in [1.54, 1.807) is 17.5 Å². The Bertz CT molecular complexity index is 519. The first-order valence-corrected chi connectivity index (χ1v) is 4.63. The average molecular weight is 245 g/mol. The summed E-state index contributed by atoms with van der Waals surface area (Å²) in [4.78, 5) is 15.4. The van der Waals surface area contributed by atoms with Gasteiger partial charge < -0.3 is 0 Å². The molecular formula is C10H10Cl2N2O. The standard InChI is InChI=1S/C10H9ClN2O.ClH/c1-6-4-3-5-13-8(9(11)14)7(2)12-10(6)13;/h3-5H,1-2H3;1H. The van der Waals surface area contributed by atoms with Crippen molar-refractivity contribution in [1.29, 1.82) is 0 Å². The summed E-state index contributed by atoms with van der Waals surface area (Å²) in [6.07, 6.45) is 1.79. The van der Waals surface area contributed by atoms with E-state index in [4.69, 9.17) is 11.6 Å². The van der Waals surface area contributed by atoms with Gasteiger partial charge in [0.05, 0.1) is 5.69 Å². The van der Waals surface area contributed by atoms with Crippen LogP contribution in [0.4, 0.5) is 0 Å². The molecule has 0 bridgehead atoms. The monoisotopic (exact) mass is 244 g/mol. The average Bonchev–Trinajstić information content (AvgIpc) is 2.42. The van der Waals surface area contributed by atoms with E-state index in [-0.39, 0.29) is 12.4 Å². The van der Waals surface area contributed by atoms with Crippen molar-refractivity contribution in [2.45, 2.75) is 13.8 Å². The van der Waals surface area contributed by atoms with E-state index in [0.717, 1.165) is 11.2 Å². The van der Waals surface area contributed by atoms with Gasteiger partial charge in [-0.25, -0.2) is 4.98 Å². The zero-order chi connectivity index (χ0) is 10.3. The van der Waals surface area contributed by atoms with Crippen molar-refractivity contribution in [3.05, 3.63) is 35.3 Å². The maximum atomic E-state index is 11.2. The molecule has 2 aromatic rings. The third-order valence-corrected chi connectivity index (χ3v) is 2.38. The second-order valence-electron chi connectivity index (χ2n) is 3.20. The van der Waals surface area contributed by atoms with E-state index in [1.165, 1.54) is 0 Å². The Morgan fingerprint density at radius 3 is 2.73 bits per heavy atom. The topological polar surface area (TPSA) is 34.4 Å². The van der Waals surface area contributed by atoms with Crippen molar-refractivity contribution >= 4 is 34.9 Å². The molecule has 5 heteroatoms. The molecule has 0 radical (unpaired) electrons. The molecule has 0 N–H and O–H groups in total. The summed E-state index contributed by atoms with van der Waals surface area (Å²) in [5, 5.41) is -0.472. The molecule has 0 saturated heterocycles. The molecule has 0 spiro atoms. The SMILES string of the molecule is Cc1nc2c(C)cccn2c1C(=O)Cl.Cl. The summed E-state index contributed by atoms with van der Waals surface area (Å²) < 4.78 is 1.72. The minimum absolute atomic E-state index is 0. The molecule has 0 aromatic carbocycles. The zero-order valence-electron chi connectivity index (χ0n) is 8.32. The van der Waals surface area contributed by atoms with Gasteiger partial charge in [0.25, 0.3) is 5.24 Å². The fourth-order valence-corrected chi connectivity index (χ4v) is 1.78. The van der Waals surface area contributed by atoms with Gasteiger partial charge >= 0.3 is 0 Å². The Balaban J connectivity index is 0.00000112. The van der Waals surface area contributed by atoms with Crippen LogP contribution in [0, 0.1) is 13.8 Å². The van der Waals surface area contributed by atoms with Crippen molar-refractivity contribution in [3.63, 3.8) is 0 Å². The van der Waals surface area contributed by atoms with Crippen LogP contribution in [0.3, 0.4) is 0 Å². The molecule has 2 aromatic heterocycles. The van der Waals surface area contributed by atoms with Crippen molar-refractivity contribution in [2.24, 2.45) is 0 Å². The number of pyridine rings is 1. The highest BCUT2D eigenvalue weighted by Gasteiger charge is 2.14. The van der Waals surface area contributed by atoms with Crippen LogP contribution >= 0.6 is 24.0 Å². The van der Waals surface area contributed by atoms with Gasteiger partial charge in [0, 0.05) is 6.20 Å². The fourth-order valence-electron chi connectivity index (χ4n) is 1.55. The minimum atomic E-state index is -0.472. The quantitative estimate of drug-likeness (QED) is 0.724. The predicted molar refractivity (Wildman–Crippen MR) is 62.1 cm³/mol. The first kappa shape index (κ1) is 12.0. The van der Waals surface area contributed by atoms with Gasteiger partial charge in [0.15, 0.2) is 0 Å². The summed E-state index contributed by atoms with van der Waals surface area (Å²) in [5.41, 5.74) is 2.93. The molecule has 2 rings (SSSR count). The molecular weight excluding hydrogens is 235 g/mol. The molecule has 3 nitrogen and oxygen atoms in total. The zero-order valence-corrected chi connectivity index (χ0v) is 9.89. The molecule has 0 fully saturated rings. The highest BCUT2D eigenvalue weighted by molar-refractivity contribution is 6.67. The fraction of sp³-hybridized carbons (Fsp3) is 0.200. The summed E-state index contributed by atoms with van der Waals surface area (Å²) in [6.45, 7) is 3.73. The van der Waals surface area contributed by atoms with E-state index < -0.39 is 5.24 Å². The van der Waals surface area contributed by atoms with E-state index in [2.05, 4.69) is 4.98 Å². The van der Waals surface area contributed by atoms with Gasteiger partial charge in [-0.15, -0.1) is 12.4 Å². The molecule has 0 aliphatic rings. The summed E-state index contributed by atoms with van der Waals surface area (Å²) >= 11 is 5.48. The Morgan fingerprint density at radius 2 is 2.13 bits per heavy atom. The number of carbonyl (C=O) groups excluding carboxylic acids is 1. The first-order valence-electron chi connectivity index (χ1n) is 4.25. The number of aromatic nitrogens is 2. The predicted octanol–water partition coefficient (Wildman–Crippen LogP) is 2.75. The minimum Gasteiger partial charge on any atom is -0.296 e. The number of hydrogen-bond acceptors (Lipinski definition) is 2. The lowest BCUT2D eigenvalue weighted by atomic mass is 10.3. The van der Waals surface area contributed by atoms with Gasteiger partial charge in [0.2, 0.25) is 0 Å². The van der Waals surface area contributed by atoms with Crippen LogP contribution in [0.15, 0.2) is 18.3 Å². The lowest BCUT2D eigenvalue weighted by molar-refractivity contribution is 0.107. The van der Waals surface area contributed by atoms with Crippen molar-refractivity contribution in [3.8, 4) is 0 Å². The third kappa shape index (κ3) is 1.85. The van der Waals surface area contributed by atoms with Crippen LogP contribution in [-0.4, -0.2) is 14.6 Å². The molecule has 2 heterocycles. The van der Waals surface area contributed by atoms with E-state index in [0.29, 0.717) is 11.4 Å². The van der Waals surface area contributed by atoms with Crippen LogP contribution in [0.25, 0.3) is 5.65 Å². The number of hydrogen-bond donors (Lipinski definition) is 0. The number of aryl methyl sites for hydroxylation is 2. The molecule has 0 aliphatic carbocycles. The third-order valence-electron chi connectivity index (χ3n) is 2.21. The Kier molecular flexibility index (Phi) is 3.37. The number of rotatable bonds is 1. The van der Waals surface area contributed by atoms with Crippen LogP contribution in [0.1, 0.15) is 21.7 Å². The maximum Gasteiger partial charge on any atom is 0.271 e. The maximum absolute atomic E-state index is 11.2. The van der Waals surface area contributed by atoms with Gasteiger partial charge in [-0.2, -0.15) is 0 Å². The Labute approximate surface area is 98.5 Å². The van der Waals surface area contributed by atoms with E-state index >= 15 is 0 Å². The normalized spacial score (nSPS) is 10.1. The summed E-state index contributed by atoms with van der Waals surface area (Å²) in [7, 11) is 0. The van der Waals surface area contributed by atoms with Crippen LogP contribution < -0.4 is 0 Å². The smallest absolute Gasteiger partial charge is 0.271 e. The molecule has 80 valence electrons. The molecule has 15 heavy (non-hydrogen) atoms. The number of imidazole rings is 1. The van der Waals surface area contributed by atoms with Gasteiger partial charge in [-0.1, -0.05) is 6.07 Å². The van der Waals surface area contributed by atoms with Crippen molar-refractivity contribution < 1.29 is 4.79 Å². The number of halogens is 2. The van der Waals surface area contributed by atoms with E-state index in [1.807, 2.05) is 19.1 Å². The Hall–Kier alpha value is -1.06. The largest absolute Gasteiger partial charge is 0.296 e. The molecule has 0 aliphatic heterocycles. The molecule has 0 amide bonds. The highest BCUT2D eigenvalue weighted by Crippen LogP contribution is 2.16. The molecule has 0 unspecified atom stereocenters. The molecule has 0 atom stereocenters. The highest BCUT2D eigenvalue weighted by atomic mass is 35.5. The number of nitrogens with zero attached hydrogens (tertiary/aromatic N) is 2. The van der Waals surface area contributed by atoms with Crippen molar-refractivity contribution in [1.82, 2.24) is 9.38 Å². The van der Waals surface area contributed by atoms with Crippen LogP contribution in [-0.2, 0) is 0 Å². The second-order valence-corrected chi connectivity index (χ2v) is 3.55. The molecule has 0 saturated carbocycles. The number of fused-ring (bicyclic) bond motifs is 1. The van der Waals surface area contributed by atoms with Crippen LogP contribution in [0.2, 0.25) is 0 Å². The summed E-state index contributed by atoms with van der Waals surface area (Å²) in [6, 6.07) is 3.82. The van der Waals surface area contributed by atoms with Gasteiger partial charge in [0.1, 0.15) is 11.3 Å². The first-order chi connectivity index (χ1) is 6.61. The lowest BCUT2D eigenvalue weighted by Crippen LogP contribution is -1.98. The Morgan fingerprint density at radius 1 is 1.47 bits per heavy atom. The lowest BCUT2D eigenvalue weighted by Gasteiger charge is -1.98. The van der Waals surface area contributed by atoms with Crippen molar-refractivity contribution in [2.75, 3.05) is 0 Å². The van der Waals surface area contributed by atoms with Crippen LogP contribution in [0.5, 0.6) is 0 Å². The van der Waals surface area contributed by atoms with Gasteiger partial charge in [-0.05, 0) is 37.1 Å². The van der Waals surface area contributed by atoms with E-state index in [9.17, 15) is 4.79 Å². The second kappa shape index (κ2) is 4.21. The van der Waals surface area contributed by atoms with Gasteiger partial charge in [-0.3, -0.25) is 9.20 Å². The summed E-state index contributed by atoms with van der Waals surface area (Å²) in [5.74, 6) is 0.